The fourth-order valence-electron chi connectivity index (χ4n) is 11.4. The number of rotatable bonds is 11. The summed E-state index contributed by atoms with van der Waals surface area (Å²) in [5.74, 6) is -4.50. The molecule has 1 N–H and O–H groups in total. The van der Waals surface area contributed by atoms with E-state index in [1.54, 1.807) is 60.7 Å². The van der Waals surface area contributed by atoms with Crippen molar-refractivity contribution >= 4 is 112 Å². The van der Waals surface area contributed by atoms with Gasteiger partial charge >= 0.3 is 12.4 Å². The van der Waals surface area contributed by atoms with Crippen LogP contribution in [0.4, 0.5) is 37.7 Å². The van der Waals surface area contributed by atoms with Crippen LogP contribution in [-0.2, 0) is 9.47 Å². The molecule has 86 heavy (non-hydrogen) atoms. The number of imide groups is 4. The maximum atomic E-state index is 13.6. The minimum atomic E-state index is -5.63. The predicted molar refractivity (Wildman–Crippen MR) is 304 cm³/mol. The van der Waals surface area contributed by atoms with Crippen LogP contribution in [0.2, 0.25) is 0 Å². The number of para-hydroxylation sites is 2. The van der Waals surface area contributed by atoms with Gasteiger partial charge in [0.2, 0.25) is 6.10 Å². The van der Waals surface area contributed by atoms with Crippen molar-refractivity contribution in [2.75, 3.05) is 49.3 Å². The Labute approximate surface area is 482 Å². The van der Waals surface area contributed by atoms with Crippen LogP contribution < -0.4 is 9.80 Å². The number of aliphatic hydroxyl groups excluding tert-OH is 1. The van der Waals surface area contributed by atoms with Gasteiger partial charge in [0.15, 0.2) is 0 Å². The molecular weight excluding hydrogens is 1130 g/mol. The summed E-state index contributed by atoms with van der Waals surface area (Å²) in [5.41, 5.74) is 2.49. The molecular formula is C65H42F6N4O11. The van der Waals surface area contributed by atoms with Gasteiger partial charge in [0.1, 0.15) is 0 Å². The number of halogens is 6. The second-order valence-electron chi connectivity index (χ2n) is 20.2. The van der Waals surface area contributed by atoms with Gasteiger partial charge in [-0.05, 0) is 105 Å². The molecule has 0 unspecified atom stereocenters. The fraction of sp³-hybridized carbons (Fsp3) is 0.138. The Hall–Kier alpha value is -10.2. The third-order valence-corrected chi connectivity index (χ3v) is 15.3. The van der Waals surface area contributed by atoms with Crippen LogP contribution in [-0.4, -0.2) is 120 Å². The summed E-state index contributed by atoms with van der Waals surface area (Å²) in [6.07, 6.45) is -15.5. The van der Waals surface area contributed by atoms with Crippen LogP contribution in [0.15, 0.2) is 170 Å². The molecule has 10 aromatic rings. The highest BCUT2D eigenvalue weighted by Gasteiger charge is 2.56. The number of hydrogen-bond donors (Lipinski definition) is 1. The lowest BCUT2D eigenvalue weighted by molar-refractivity contribution is -0.308. The Bertz CT molecular complexity index is 4030. The number of ether oxygens (including phenoxy) is 2. The summed E-state index contributed by atoms with van der Waals surface area (Å²) < 4.78 is 77.2. The Kier molecular flexibility index (Phi) is 14.2. The van der Waals surface area contributed by atoms with Crippen LogP contribution >= 0.6 is 0 Å². The lowest BCUT2D eigenvalue weighted by Crippen LogP contribution is -2.44. The molecule has 21 heteroatoms. The highest BCUT2D eigenvalue weighted by atomic mass is 19.4. The van der Waals surface area contributed by atoms with Gasteiger partial charge in [-0.3, -0.25) is 48.2 Å². The molecule has 0 aliphatic carbocycles. The van der Waals surface area contributed by atoms with Gasteiger partial charge in [-0.15, -0.1) is 0 Å². The first-order valence-electron chi connectivity index (χ1n) is 26.6. The van der Waals surface area contributed by atoms with Crippen LogP contribution in [0.1, 0.15) is 82.9 Å². The smallest absolute Gasteiger partial charge is 0.377 e. The lowest BCUT2D eigenvalue weighted by Gasteiger charge is -2.32. The standard InChI is InChI=1S/C46H30N4O10.C16H10.C3H2F6O/c51-39-27-11-15-31-37-32(44(56)49(43(31)55)25-7-3-1-4-8-25)16-12-28(35(27)37)40(52)47(39)19-21-59-23-24-60-22-20-48-41(53)29-13-17-33-38-34(18-14-30(36(29)38)42(48)54)46(58)50(45(33)57)26-9-5-2-6-10-26;1-3-11-7-9-13-5-2-6-14-10-8-12(4-1)15(11)16(13)14;4-2(5,6)1(10)3(7,8)9/h1-18H,19-24H2;1-10H;1,10H. The predicted octanol–water partition coefficient (Wildman–Crippen LogP) is 11.6. The topological polar surface area (TPSA) is 188 Å². The molecule has 0 saturated heterocycles. The van der Waals surface area contributed by atoms with Gasteiger partial charge in [0, 0.05) is 66.1 Å². The quantitative estimate of drug-likeness (QED) is 0.0562. The van der Waals surface area contributed by atoms with E-state index in [4.69, 9.17) is 14.6 Å². The highest BCUT2D eigenvalue weighted by molar-refractivity contribution is 6.41. The number of benzene rings is 10. The van der Waals surface area contributed by atoms with Crippen molar-refractivity contribution < 1.29 is 79.3 Å². The first kappa shape index (κ1) is 56.3. The number of carbonyl (C=O) groups is 8. The van der Waals surface area contributed by atoms with Gasteiger partial charge in [-0.1, -0.05) is 97.1 Å². The molecule has 10 aromatic carbocycles. The van der Waals surface area contributed by atoms with Crippen molar-refractivity contribution in [3.63, 3.8) is 0 Å². The lowest BCUT2D eigenvalue weighted by atomic mass is 9.86. The number of alkyl halides is 6. The minimum Gasteiger partial charge on any atom is -0.377 e. The Morgan fingerprint density at radius 3 is 0.814 bits per heavy atom. The molecule has 4 heterocycles. The van der Waals surface area contributed by atoms with Crippen LogP contribution in [0.25, 0.3) is 53.9 Å². The molecule has 430 valence electrons. The number of carbonyl (C=O) groups excluding carboxylic acids is 8. The molecule has 0 fully saturated rings. The third kappa shape index (κ3) is 9.50. The summed E-state index contributed by atoms with van der Waals surface area (Å²) in [7, 11) is 0. The van der Waals surface area contributed by atoms with E-state index < -0.39 is 65.7 Å². The monoisotopic (exact) mass is 1170 g/mol. The molecule has 4 aliphatic heterocycles. The normalized spacial score (nSPS) is 14.8. The van der Waals surface area contributed by atoms with Crippen LogP contribution in [0, 0.1) is 0 Å². The van der Waals surface area contributed by atoms with Gasteiger partial charge in [0.05, 0.1) is 50.9 Å². The largest absolute Gasteiger partial charge is 0.423 e. The van der Waals surface area contributed by atoms with Gasteiger partial charge in [-0.2, -0.15) is 26.3 Å². The number of nitrogens with zero attached hydrogens (tertiary/aromatic N) is 4. The molecule has 0 radical (unpaired) electrons. The summed E-state index contributed by atoms with van der Waals surface area (Å²) in [6.45, 7) is -0.0203. The molecule has 0 bridgehead atoms. The second-order valence-corrected chi connectivity index (χ2v) is 20.2. The zero-order valence-electron chi connectivity index (χ0n) is 44.6. The van der Waals surface area contributed by atoms with Gasteiger partial charge in [0.25, 0.3) is 47.3 Å². The molecule has 0 atom stereocenters. The maximum Gasteiger partial charge on any atom is 0.423 e. The molecule has 4 aliphatic rings. The molecule has 0 saturated carbocycles. The van der Waals surface area contributed by atoms with E-state index >= 15 is 0 Å². The third-order valence-electron chi connectivity index (χ3n) is 15.3. The highest BCUT2D eigenvalue weighted by Crippen LogP contribution is 2.42. The van der Waals surface area contributed by atoms with Gasteiger partial charge in [-0.25, -0.2) is 9.80 Å². The van der Waals surface area contributed by atoms with E-state index in [2.05, 4.69) is 60.7 Å². The Morgan fingerprint density at radius 1 is 0.314 bits per heavy atom. The van der Waals surface area contributed by atoms with Crippen molar-refractivity contribution in [1.82, 2.24) is 9.80 Å². The Balaban J connectivity index is 0.000000227. The minimum absolute atomic E-state index is 0.0134. The van der Waals surface area contributed by atoms with Crippen molar-refractivity contribution in [2.24, 2.45) is 0 Å². The maximum absolute atomic E-state index is 13.6. The summed E-state index contributed by atoms with van der Waals surface area (Å²) in [5, 5.41) is 16.7. The molecule has 8 amide bonds. The summed E-state index contributed by atoms with van der Waals surface area (Å²) >= 11 is 0. The zero-order chi connectivity index (χ0) is 60.5. The number of aliphatic hydroxyl groups is 1. The summed E-state index contributed by atoms with van der Waals surface area (Å²) in [4.78, 5) is 113. The van der Waals surface area contributed by atoms with Crippen molar-refractivity contribution in [1.29, 1.82) is 0 Å². The van der Waals surface area contributed by atoms with E-state index in [1.807, 2.05) is 0 Å². The van der Waals surface area contributed by atoms with E-state index in [9.17, 15) is 64.7 Å². The van der Waals surface area contributed by atoms with Crippen LogP contribution in [0.5, 0.6) is 0 Å². The van der Waals surface area contributed by atoms with Crippen LogP contribution in [0.3, 0.4) is 0 Å². The zero-order valence-corrected chi connectivity index (χ0v) is 44.6. The second kappa shape index (κ2) is 21.8. The van der Waals surface area contributed by atoms with Crippen molar-refractivity contribution in [3.8, 4) is 0 Å². The molecule has 0 aromatic heterocycles. The fourth-order valence-corrected chi connectivity index (χ4v) is 11.4. The Morgan fingerprint density at radius 2 is 0.570 bits per heavy atom. The van der Waals surface area contributed by atoms with E-state index in [0.717, 1.165) is 19.6 Å². The average Bonchev–Trinajstić information content (AvgIpc) is 0.753. The van der Waals surface area contributed by atoms with E-state index in [-0.39, 0.29) is 106 Å². The first-order chi connectivity index (χ1) is 41.3. The number of anilines is 2. The molecule has 0 spiro atoms. The van der Waals surface area contributed by atoms with Crippen molar-refractivity contribution in [2.45, 2.75) is 18.5 Å². The van der Waals surface area contributed by atoms with Gasteiger partial charge < -0.3 is 14.6 Å². The van der Waals surface area contributed by atoms with E-state index in [1.165, 1.54) is 80.8 Å². The SMILES string of the molecule is O=C1c2ccc3c4c(ccc(c24)C(=O)N1CCOCCOCCN1C(=O)c2ccc4c5c(ccc(c25)C1=O)C(=O)N(c1ccccc1)C4=O)C(=O)N(c1ccccc1)C3=O.OC(C(F)(F)F)C(F)(F)F.c1cc2ccc3cccc4ccc(c1)c2c34. The first-order valence-corrected chi connectivity index (χ1v) is 26.6. The number of amides is 8. The molecule has 15 nitrogen and oxygen atoms in total. The van der Waals surface area contributed by atoms with E-state index in [0.29, 0.717) is 11.4 Å². The molecule has 14 rings (SSSR count). The number of hydrogen-bond acceptors (Lipinski definition) is 11. The average molecular weight is 1170 g/mol. The summed E-state index contributed by atoms with van der Waals surface area (Å²) in [6, 6.07) is 51.0. The van der Waals surface area contributed by atoms with Crippen molar-refractivity contribution in [3.05, 3.63) is 214 Å².